The van der Waals surface area contributed by atoms with Gasteiger partial charge in [-0.3, -0.25) is 33.6 Å². The quantitative estimate of drug-likeness (QED) is 0.0123. The number of esters is 1. The van der Waals surface area contributed by atoms with Gasteiger partial charge in [0.05, 0.1) is 25.3 Å². The zero-order valence-corrected chi connectivity index (χ0v) is 55.7. The summed E-state index contributed by atoms with van der Waals surface area (Å²) < 4.78 is 5.31. The molecular weight excluding hydrogens is 1280 g/mol. The molecule has 2 aliphatic heterocycles. The first kappa shape index (κ1) is 78.0. The highest BCUT2D eigenvalue weighted by molar-refractivity contribution is 7.99. The van der Waals surface area contributed by atoms with Crippen LogP contribution in [0.25, 0.3) is 25.7 Å². The van der Waals surface area contributed by atoms with Crippen molar-refractivity contribution in [2.45, 2.75) is 82.7 Å². The van der Waals surface area contributed by atoms with E-state index in [0.717, 1.165) is 62.0 Å². The second-order valence-electron chi connectivity index (χ2n) is 19.6. The zero-order chi connectivity index (χ0) is 68.7. The Morgan fingerprint density at radius 2 is 0.925 bits per heavy atom. The summed E-state index contributed by atoms with van der Waals surface area (Å²) in [5, 5.41) is 43.2. The number of ether oxygens (including phenoxy) is 1. The second kappa shape index (κ2) is 42.8. The van der Waals surface area contributed by atoms with E-state index in [1.165, 1.54) is 7.11 Å². The van der Waals surface area contributed by atoms with Gasteiger partial charge in [-0.15, -0.1) is 11.3 Å². The monoisotopic (exact) mass is 1350 g/mol. The lowest BCUT2D eigenvalue weighted by Crippen LogP contribution is -2.28. The largest absolute Gasteiger partial charge is 0.468 e. The van der Waals surface area contributed by atoms with Crippen molar-refractivity contribution in [1.82, 2.24) is 16.0 Å². The highest BCUT2D eigenvalue weighted by Crippen LogP contribution is 2.53. The number of allylic oxidation sites excluding steroid dienone is 2. The standard InChI is InChI=1S/C23H20N2O2S.C13H8Cl2S.C13H8OS.C10H14N2O2.C5H9N3O.C4H5NO2.C2H8N2/c1-15(2)19(26)10-7-13-25-23(27)18(14-24)22-16-8-3-5-11-20(16)28-21-12-6-4-9-17(21)22;14-13(15)9-5-1-3-7-11(9)16-12-8-4-2-6-10(12)13;14-13-9-5-1-3-7-11(9)15-12-8-4-2-6-10(12)13;1-8(2)9(13)4-3-7-12-10(14)5-6-11;6-2-1-5(9)8-4-3-7;1-7-4(6)2-3-5;3-1-2-4/h3-6,8-9,11-12H,1,7,10,13H2,2H3,(H,25,27);1-8H;1-8H;1,3-5,7H2,2H3,(H,12,14);1,3-4,7H2,(H,8,9);2H2,1H3;1-4H2. The molecule has 18 nitrogen and oxygen atoms in total. The number of nitrogens with one attached hydrogen (secondary N) is 3. The fraction of sp³-hybridized carbons (Fsp3) is 0.243. The van der Waals surface area contributed by atoms with Gasteiger partial charge in [0.1, 0.15) is 30.9 Å². The first-order valence-electron chi connectivity index (χ1n) is 28.8. The molecule has 0 bridgehead atoms. The third-order valence-electron chi connectivity index (χ3n) is 12.6. The van der Waals surface area contributed by atoms with Crippen molar-refractivity contribution in [2.75, 3.05) is 46.4 Å². The van der Waals surface area contributed by atoms with E-state index in [9.17, 15) is 38.8 Å². The van der Waals surface area contributed by atoms with Crippen molar-refractivity contribution in [3.63, 3.8) is 0 Å². The molecule has 3 heterocycles. The van der Waals surface area contributed by atoms with E-state index in [-0.39, 0.29) is 53.6 Å². The second-order valence-corrected chi connectivity index (χ2v) is 24.1. The van der Waals surface area contributed by atoms with Crippen LogP contribution in [0.3, 0.4) is 0 Å². The van der Waals surface area contributed by atoms with Crippen LogP contribution >= 0.6 is 58.1 Å². The lowest BCUT2D eigenvalue weighted by Gasteiger charge is -2.29. The van der Waals surface area contributed by atoms with E-state index in [1.54, 1.807) is 66.9 Å². The van der Waals surface area contributed by atoms with Crippen molar-refractivity contribution in [3.05, 3.63) is 208 Å². The third kappa shape index (κ3) is 25.8. The van der Waals surface area contributed by atoms with Gasteiger partial charge in [-0.1, -0.05) is 157 Å². The molecule has 9 N–H and O–H groups in total. The van der Waals surface area contributed by atoms with Crippen LogP contribution in [0.5, 0.6) is 0 Å². The van der Waals surface area contributed by atoms with E-state index in [4.69, 9.17) is 56.2 Å². The number of amides is 3. The molecule has 7 aromatic rings. The van der Waals surface area contributed by atoms with Gasteiger partial charge in [-0.25, -0.2) is 0 Å². The molecule has 93 heavy (non-hydrogen) atoms. The number of halogens is 2. The molecule has 0 fully saturated rings. The van der Waals surface area contributed by atoms with Crippen LogP contribution in [0, 0.1) is 45.3 Å². The SMILES string of the molecule is C=C(C)C(=O)CCCNC(=O)C(C#N)=C1c2ccccc2Sc2ccccc21.C=C(C)C(=O)CCCNC(=O)CC#N.COC(=O)CC#N.ClC1(Cl)c2ccccc2Sc2ccccc21.N#CCC(=O)NCCN.NCCN.O=c1c2ccccc2sc2ccccc12. The van der Waals surface area contributed by atoms with Crippen LogP contribution in [0.15, 0.2) is 200 Å². The Bertz CT molecular complexity index is 3880. The van der Waals surface area contributed by atoms with Gasteiger partial charge < -0.3 is 37.9 Å². The number of hydrogen-bond donors (Lipinski definition) is 6. The molecule has 2 aliphatic rings. The normalized spacial score (nSPS) is 11.0. The highest BCUT2D eigenvalue weighted by atomic mass is 35.5. The molecule has 9 rings (SSSR count). The molecular formula is C70H72Cl2N10O8S3. The number of rotatable bonds is 17. The Labute approximate surface area is 564 Å². The summed E-state index contributed by atoms with van der Waals surface area (Å²) in [5.74, 6) is -1.46. The van der Waals surface area contributed by atoms with E-state index < -0.39 is 16.2 Å². The number of hydrogen-bond acceptors (Lipinski definition) is 18. The summed E-state index contributed by atoms with van der Waals surface area (Å²) in [4.78, 5) is 83.0. The maximum absolute atomic E-state index is 12.8. The van der Waals surface area contributed by atoms with Crippen LogP contribution in [-0.2, 0) is 37.8 Å². The number of benzene rings is 6. The van der Waals surface area contributed by atoms with E-state index >= 15 is 0 Å². The minimum atomic E-state index is -0.932. The van der Waals surface area contributed by atoms with Crippen molar-refractivity contribution < 1.29 is 33.5 Å². The Morgan fingerprint density at radius 1 is 0.538 bits per heavy atom. The number of fused-ring (bicyclic) bond motifs is 6. The van der Waals surface area contributed by atoms with E-state index in [2.05, 4.69) is 52.0 Å². The molecule has 0 aliphatic carbocycles. The van der Waals surface area contributed by atoms with Gasteiger partial charge in [0.15, 0.2) is 21.3 Å². The lowest BCUT2D eigenvalue weighted by molar-refractivity contribution is -0.139. The summed E-state index contributed by atoms with van der Waals surface area (Å²) in [6, 6.07) is 54.3. The number of alkyl halides is 2. The summed E-state index contributed by atoms with van der Waals surface area (Å²) in [5.41, 5.74) is 20.5. The number of carbonyl (C=O) groups is 6. The molecule has 3 amide bonds. The van der Waals surface area contributed by atoms with Gasteiger partial charge in [0.2, 0.25) is 11.8 Å². The van der Waals surface area contributed by atoms with Gasteiger partial charge in [0.25, 0.3) is 5.91 Å². The molecule has 482 valence electrons. The lowest BCUT2D eigenvalue weighted by atomic mass is 9.92. The summed E-state index contributed by atoms with van der Waals surface area (Å²) in [7, 11) is 1.25. The maximum Gasteiger partial charge on any atom is 0.319 e. The number of carbonyl (C=O) groups excluding carboxylic acids is 6. The summed E-state index contributed by atoms with van der Waals surface area (Å²) in [6.45, 7) is 13.3. The molecule has 23 heteroatoms. The first-order valence-corrected chi connectivity index (χ1v) is 32.0. The van der Waals surface area contributed by atoms with Crippen LogP contribution in [0.1, 0.15) is 81.0 Å². The predicted octanol–water partition coefficient (Wildman–Crippen LogP) is 11.7. The number of nitriles is 4. The zero-order valence-electron chi connectivity index (χ0n) is 51.7. The number of Topliss-reactive ketones (excluding diaryl/α,β-unsaturated/α-hetero) is 2. The number of nitrogens with zero attached hydrogens (tertiary/aromatic N) is 4. The van der Waals surface area contributed by atoms with Gasteiger partial charge in [-0.05, 0) is 97.5 Å². The van der Waals surface area contributed by atoms with Gasteiger partial charge in [-0.2, -0.15) is 21.0 Å². The minimum absolute atomic E-state index is 0.0135. The molecule has 0 atom stereocenters. The maximum atomic E-state index is 12.8. The van der Waals surface area contributed by atoms with Crippen LogP contribution in [0.4, 0.5) is 0 Å². The Kier molecular flexibility index (Phi) is 35.9. The Balaban J connectivity index is 0.000000303. The van der Waals surface area contributed by atoms with Crippen molar-refractivity contribution in [1.29, 1.82) is 21.0 Å². The molecule has 0 spiro atoms. The fourth-order valence-electron chi connectivity index (χ4n) is 7.98. The van der Waals surface area contributed by atoms with Crippen LogP contribution in [-0.4, -0.2) is 81.6 Å². The Morgan fingerprint density at radius 3 is 1.32 bits per heavy atom. The molecule has 0 saturated heterocycles. The highest BCUT2D eigenvalue weighted by Gasteiger charge is 2.37. The van der Waals surface area contributed by atoms with Crippen molar-refractivity contribution in [3.8, 4) is 24.3 Å². The molecule has 0 radical (unpaired) electrons. The van der Waals surface area contributed by atoms with E-state index in [1.807, 2.05) is 133 Å². The molecule has 0 saturated carbocycles. The molecule has 1 aromatic heterocycles. The summed E-state index contributed by atoms with van der Waals surface area (Å²) >= 11 is 18.0. The number of nitrogens with two attached hydrogens (primary N) is 3. The topological polar surface area (TPSA) is 338 Å². The van der Waals surface area contributed by atoms with Crippen LogP contribution < -0.4 is 38.6 Å². The van der Waals surface area contributed by atoms with Crippen LogP contribution in [0.2, 0.25) is 0 Å². The first-order chi connectivity index (χ1) is 44.7. The summed E-state index contributed by atoms with van der Waals surface area (Å²) in [6.07, 6.45) is 1.45. The smallest absolute Gasteiger partial charge is 0.319 e. The number of methoxy groups -OCH3 is 1. The molecule has 0 unspecified atom stereocenters. The minimum Gasteiger partial charge on any atom is -0.468 e. The average molecular weight is 1350 g/mol. The van der Waals surface area contributed by atoms with Crippen molar-refractivity contribution in [2.24, 2.45) is 17.2 Å². The Hall–Kier alpha value is -9.23. The average Bonchev–Trinajstić information content (AvgIpc) is 0.779. The molecule has 6 aromatic carbocycles. The fourth-order valence-corrected chi connectivity index (χ4v) is 12.2. The van der Waals surface area contributed by atoms with E-state index in [0.29, 0.717) is 81.7 Å². The predicted molar refractivity (Wildman–Crippen MR) is 371 cm³/mol. The van der Waals surface area contributed by atoms with Gasteiger partial charge >= 0.3 is 5.97 Å². The van der Waals surface area contributed by atoms with Crippen molar-refractivity contribution >= 4 is 119 Å². The third-order valence-corrected chi connectivity index (χ3v) is 16.8. The van der Waals surface area contributed by atoms with Gasteiger partial charge in [0, 0.05) is 109 Å². The number of ketones is 2.